The van der Waals surface area contributed by atoms with E-state index in [0.29, 0.717) is 24.4 Å². The van der Waals surface area contributed by atoms with Gasteiger partial charge in [-0.2, -0.15) is 4.31 Å². The predicted molar refractivity (Wildman–Crippen MR) is 98.7 cm³/mol. The zero-order chi connectivity index (χ0) is 19.7. The SMILES string of the molecule is O=C(Nc1ccccc1F)c1nnc(C2CCCN2S(=O)(=O)c2cnc[nH]2)s1. The van der Waals surface area contributed by atoms with Gasteiger partial charge in [0, 0.05) is 6.54 Å². The van der Waals surface area contributed by atoms with Crippen molar-refractivity contribution in [2.45, 2.75) is 23.9 Å². The van der Waals surface area contributed by atoms with Gasteiger partial charge in [-0.1, -0.05) is 23.5 Å². The topological polar surface area (TPSA) is 121 Å². The van der Waals surface area contributed by atoms with Crippen LogP contribution in [-0.4, -0.2) is 45.3 Å². The van der Waals surface area contributed by atoms with Crippen LogP contribution in [0.5, 0.6) is 0 Å². The van der Waals surface area contributed by atoms with Crippen molar-refractivity contribution in [2.75, 3.05) is 11.9 Å². The van der Waals surface area contributed by atoms with E-state index >= 15 is 0 Å². The van der Waals surface area contributed by atoms with E-state index in [0.717, 1.165) is 11.3 Å². The molecule has 2 N–H and O–H groups in total. The van der Waals surface area contributed by atoms with Crippen molar-refractivity contribution in [1.82, 2.24) is 24.5 Å². The standard InChI is InChI=1S/C16H15FN6O3S2/c17-10-4-1-2-5-11(10)20-14(24)16-22-21-15(27-16)12-6-3-7-23(12)28(25,26)13-8-18-9-19-13/h1-2,4-5,8-9,12H,3,6-7H2,(H,18,19)(H,20,24). The van der Waals surface area contributed by atoms with Gasteiger partial charge in [0.15, 0.2) is 5.03 Å². The first-order valence-corrected chi connectivity index (χ1v) is 10.6. The van der Waals surface area contributed by atoms with Gasteiger partial charge in [-0.15, -0.1) is 10.2 Å². The molecule has 1 saturated heterocycles. The summed E-state index contributed by atoms with van der Waals surface area (Å²) in [7, 11) is -3.75. The Kier molecular flexibility index (Phi) is 4.91. The number of aromatic nitrogens is 4. The van der Waals surface area contributed by atoms with Crippen LogP contribution in [0.4, 0.5) is 10.1 Å². The molecule has 12 heteroatoms. The van der Waals surface area contributed by atoms with Gasteiger partial charge < -0.3 is 10.3 Å². The Morgan fingerprint density at radius 2 is 2.14 bits per heavy atom. The number of para-hydroxylation sites is 1. The van der Waals surface area contributed by atoms with Crippen LogP contribution in [-0.2, 0) is 10.0 Å². The Hall–Kier alpha value is -2.70. The molecule has 4 rings (SSSR count). The molecule has 0 aliphatic carbocycles. The molecule has 0 saturated carbocycles. The number of nitrogens with zero attached hydrogens (tertiary/aromatic N) is 4. The molecule has 1 aromatic carbocycles. The lowest BCUT2D eigenvalue weighted by molar-refractivity contribution is 0.102. The molecule has 1 fully saturated rings. The van der Waals surface area contributed by atoms with Crippen molar-refractivity contribution in [3.63, 3.8) is 0 Å². The molecule has 0 bridgehead atoms. The molecule has 1 aliphatic heterocycles. The number of hydrogen-bond acceptors (Lipinski definition) is 7. The van der Waals surface area contributed by atoms with Gasteiger partial charge in [0.05, 0.1) is 24.3 Å². The number of hydrogen-bond donors (Lipinski definition) is 2. The van der Waals surface area contributed by atoms with E-state index in [1.165, 1.54) is 35.0 Å². The minimum absolute atomic E-state index is 0.00133. The van der Waals surface area contributed by atoms with Gasteiger partial charge in [0.25, 0.3) is 15.9 Å². The quantitative estimate of drug-likeness (QED) is 0.650. The maximum Gasteiger partial charge on any atom is 0.286 e. The van der Waals surface area contributed by atoms with Crippen LogP contribution in [0.2, 0.25) is 0 Å². The highest BCUT2D eigenvalue weighted by atomic mass is 32.2. The number of benzene rings is 1. The summed E-state index contributed by atoms with van der Waals surface area (Å²) < 4.78 is 40.6. The summed E-state index contributed by atoms with van der Waals surface area (Å²) in [4.78, 5) is 18.7. The van der Waals surface area contributed by atoms with Crippen LogP contribution in [0.1, 0.15) is 33.7 Å². The zero-order valence-electron chi connectivity index (χ0n) is 14.4. The van der Waals surface area contributed by atoms with E-state index in [1.54, 1.807) is 6.07 Å². The average molecular weight is 422 g/mol. The summed E-state index contributed by atoms with van der Waals surface area (Å²) in [6.07, 6.45) is 3.78. The number of rotatable bonds is 5. The third-order valence-corrected chi connectivity index (χ3v) is 7.16. The van der Waals surface area contributed by atoms with E-state index in [9.17, 15) is 17.6 Å². The van der Waals surface area contributed by atoms with E-state index < -0.39 is 27.8 Å². The number of carbonyl (C=O) groups excluding carboxylic acids is 1. The second-order valence-electron chi connectivity index (χ2n) is 6.07. The molecule has 2 aromatic heterocycles. The van der Waals surface area contributed by atoms with Crippen LogP contribution < -0.4 is 5.32 Å². The number of nitrogens with one attached hydrogen (secondary N) is 2. The summed E-state index contributed by atoms with van der Waals surface area (Å²) in [5.41, 5.74) is 0.0357. The fourth-order valence-corrected chi connectivity index (χ4v) is 5.50. The third-order valence-electron chi connectivity index (χ3n) is 4.31. The summed E-state index contributed by atoms with van der Waals surface area (Å²) in [5, 5.41) is 10.8. The highest BCUT2D eigenvalue weighted by Gasteiger charge is 2.39. The number of H-pyrrole nitrogens is 1. The van der Waals surface area contributed by atoms with Gasteiger partial charge in [-0.3, -0.25) is 4.79 Å². The van der Waals surface area contributed by atoms with Crippen LogP contribution >= 0.6 is 11.3 Å². The molecule has 1 atom stereocenters. The normalized spacial score (nSPS) is 17.7. The molecule has 3 aromatic rings. The first-order valence-electron chi connectivity index (χ1n) is 8.36. The molecule has 28 heavy (non-hydrogen) atoms. The number of sulfonamides is 1. The summed E-state index contributed by atoms with van der Waals surface area (Å²) in [5.74, 6) is -1.16. The monoisotopic (exact) mass is 422 g/mol. The average Bonchev–Trinajstić information content (AvgIpc) is 3.43. The zero-order valence-corrected chi connectivity index (χ0v) is 16.0. The number of amides is 1. The molecule has 1 unspecified atom stereocenters. The third kappa shape index (κ3) is 3.41. The summed E-state index contributed by atoms with van der Waals surface area (Å²) in [6.45, 7) is 0.336. The van der Waals surface area contributed by atoms with Gasteiger partial charge >= 0.3 is 0 Å². The van der Waals surface area contributed by atoms with Gasteiger partial charge in [-0.25, -0.2) is 17.8 Å². The van der Waals surface area contributed by atoms with E-state index in [-0.39, 0.29) is 15.7 Å². The number of anilines is 1. The van der Waals surface area contributed by atoms with Crippen LogP contribution in [0, 0.1) is 5.82 Å². The maximum absolute atomic E-state index is 13.7. The molecule has 3 heterocycles. The smallest absolute Gasteiger partial charge is 0.286 e. The molecular formula is C16H15FN6O3S2. The Balaban J connectivity index is 1.55. The molecular weight excluding hydrogens is 407 g/mol. The minimum Gasteiger partial charge on any atom is -0.335 e. The largest absolute Gasteiger partial charge is 0.335 e. The summed E-state index contributed by atoms with van der Waals surface area (Å²) >= 11 is 0.992. The van der Waals surface area contributed by atoms with Gasteiger partial charge in [-0.05, 0) is 25.0 Å². The van der Waals surface area contributed by atoms with Crippen molar-refractivity contribution in [2.24, 2.45) is 0 Å². The minimum atomic E-state index is -3.75. The second-order valence-corrected chi connectivity index (χ2v) is 8.94. The van der Waals surface area contributed by atoms with E-state index in [1.807, 2.05) is 0 Å². The van der Waals surface area contributed by atoms with Crippen LogP contribution in [0.15, 0.2) is 41.8 Å². The van der Waals surface area contributed by atoms with Crippen LogP contribution in [0.25, 0.3) is 0 Å². The van der Waals surface area contributed by atoms with Crippen molar-refractivity contribution in [1.29, 1.82) is 0 Å². The number of halogens is 1. The lowest BCUT2D eigenvalue weighted by atomic mass is 10.2. The molecule has 146 valence electrons. The van der Waals surface area contributed by atoms with Crippen molar-refractivity contribution >= 4 is 33.0 Å². The highest BCUT2D eigenvalue weighted by molar-refractivity contribution is 7.89. The Morgan fingerprint density at radius 1 is 1.32 bits per heavy atom. The lowest BCUT2D eigenvalue weighted by Gasteiger charge is -2.20. The molecule has 9 nitrogen and oxygen atoms in total. The van der Waals surface area contributed by atoms with E-state index in [2.05, 4.69) is 25.5 Å². The van der Waals surface area contributed by atoms with Crippen LogP contribution in [0.3, 0.4) is 0 Å². The number of carbonyl (C=O) groups is 1. The number of imidazole rings is 1. The number of aromatic amines is 1. The Labute approximate surface area is 163 Å². The molecule has 0 radical (unpaired) electrons. The molecule has 1 amide bonds. The van der Waals surface area contributed by atoms with E-state index in [4.69, 9.17) is 0 Å². The fraction of sp³-hybridized carbons (Fsp3) is 0.250. The Bertz CT molecular complexity index is 1100. The first kappa shape index (κ1) is 18.7. The van der Waals surface area contributed by atoms with Crippen molar-refractivity contribution < 1.29 is 17.6 Å². The maximum atomic E-state index is 13.7. The molecule has 1 aliphatic rings. The summed E-state index contributed by atoms with van der Waals surface area (Å²) in [6, 6.07) is 5.27. The van der Waals surface area contributed by atoms with Gasteiger partial charge in [0.1, 0.15) is 10.8 Å². The van der Waals surface area contributed by atoms with Crippen molar-refractivity contribution in [3.8, 4) is 0 Å². The highest BCUT2D eigenvalue weighted by Crippen LogP contribution is 2.37. The second kappa shape index (κ2) is 7.37. The predicted octanol–water partition coefficient (Wildman–Crippen LogP) is 2.18. The fourth-order valence-electron chi connectivity index (χ4n) is 2.98. The Morgan fingerprint density at radius 3 is 2.89 bits per heavy atom. The lowest BCUT2D eigenvalue weighted by Crippen LogP contribution is -2.30. The first-order chi connectivity index (χ1) is 13.5. The van der Waals surface area contributed by atoms with Crippen molar-refractivity contribution in [3.05, 3.63) is 52.6 Å². The van der Waals surface area contributed by atoms with Gasteiger partial charge in [0.2, 0.25) is 5.01 Å². The molecule has 0 spiro atoms.